The summed E-state index contributed by atoms with van der Waals surface area (Å²) in [5.74, 6) is 3.42. The van der Waals surface area contributed by atoms with Crippen molar-refractivity contribution in [2.75, 3.05) is 36.9 Å². The molecule has 1 aromatic heterocycles. The van der Waals surface area contributed by atoms with Gasteiger partial charge in [0.25, 0.3) is 0 Å². The number of anilines is 2. The van der Waals surface area contributed by atoms with Crippen LogP contribution in [0.15, 0.2) is 42.7 Å². The Morgan fingerprint density at radius 2 is 1.89 bits per heavy atom. The van der Waals surface area contributed by atoms with Gasteiger partial charge in [0.15, 0.2) is 11.6 Å². The van der Waals surface area contributed by atoms with Gasteiger partial charge in [0.05, 0.1) is 0 Å². The summed E-state index contributed by atoms with van der Waals surface area (Å²) in [5.41, 5.74) is 1.49. The summed E-state index contributed by atoms with van der Waals surface area (Å²) in [6.45, 7) is 3.46. The van der Waals surface area contributed by atoms with E-state index in [2.05, 4.69) is 55.4 Å². The lowest BCUT2D eigenvalue weighted by Gasteiger charge is -2.55. The fourth-order valence-corrected chi connectivity index (χ4v) is 5.93. The molecule has 1 N–H and O–H groups in total. The SMILES string of the molecule is CNc1nccnc1N1C[C@@H]2C[C@H](C1)[C@@H]1CCC[C@H](Cc3ccccc3)N1C2. The summed E-state index contributed by atoms with van der Waals surface area (Å²) in [6.07, 6.45) is 10.3. The molecule has 4 heterocycles. The average molecular weight is 378 g/mol. The number of nitrogens with one attached hydrogen (secondary N) is 1. The zero-order valence-electron chi connectivity index (χ0n) is 16.8. The quantitative estimate of drug-likeness (QED) is 0.884. The van der Waals surface area contributed by atoms with Gasteiger partial charge < -0.3 is 10.2 Å². The van der Waals surface area contributed by atoms with E-state index in [-0.39, 0.29) is 0 Å². The minimum absolute atomic E-state index is 0.711. The van der Waals surface area contributed by atoms with Gasteiger partial charge >= 0.3 is 0 Å². The number of nitrogens with zero attached hydrogens (tertiary/aromatic N) is 4. The third-order valence-electron chi connectivity index (χ3n) is 7.04. The highest BCUT2D eigenvalue weighted by Crippen LogP contribution is 2.41. The predicted molar refractivity (Wildman–Crippen MR) is 114 cm³/mol. The first-order chi connectivity index (χ1) is 13.8. The van der Waals surface area contributed by atoms with Crippen LogP contribution in [0.5, 0.6) is 0 Å². The third kappa shape index (κ3) is 3.37. The van der Waals surface area contributed by atoms with E-state index in [1.807, 2.05) is 13.2 Å². The van der Waals surface area contributed by atoms with E-state index >= 15 is 0 Å². The number of aromatic nitrogens is 2. The molecule has 4 atom stereocenters. The van der Waals surface area contributed by atoms with E-state index in [0.717, 1.165) is 42.6 Å². The van der Waals surface area contributed by atoms with Gasteiger partial charge in [-0.15, -0.1) is 0 Å². The van der Waals surface area contributed by atoms with E-state index in [1.54, 1.807) is 6.20 Å². The molecule has 3 saturated heterocycles. The van der Waals surface area contributed by atoms with Gasteiger partial charge in [0.1, 0.15) is 0 Å². The number of rotatable bonds is 4. The maximum Gasteiger partial charge on any atom is 0.171 e. The van der Waals surface area contributed by atoms with Crippen LogP contribution < -0.4 is 10.2 Å². The Morgan fingerprint density at radius 3 is 2.75 bits per heavy atom. The van der Waals surface area contributed by atoms with Crippen molar-refractivity contribution in [3.63, 3.8) is 0 Å². The Kier molecular flexibility index (Phi) is 4.93. The molecule has 5 nitrogen and oxygen atoms in total. The van der Waals surface area contributed by atoms with E-state index in [4.69, 9.17) is 0 Å². The topological polar surface area (TPSA) is 44.3 Å². The van der Waals surface area contributed by atoms with Gasteiger partial charge in [-0.25, -0.2) is 9.97 Å². The zero-order valence-corrected chi connectivity index (χ0v) is 16.8. The molecule has 148 valence electrons. The lowest BCUT2D eigenvalue weighted by atomic mass is 9.74. The van der Waals surface area contributed by atoms with Crippen molar-refractivity contribution in [2.45, 2.75) is 44.2 Å². The van der Waals surface area contributed by atoms with Gasteiger partial charge in [-0.2, -0.15) is 0 Å². The van der Waals surface area contributed by atoms with Crippen LogP contribution in [0.25, 0.3) is 0 Å². The molecule has 2 aromatic rings. The molecule has 0 amide bonds. The first kappa shape index (κ1) is 17.9. The monoisotopic (exact) mass is 377 g/mol. The molecule has 0 saturated carbocycles. The van der Waals surface area contributed by atoms with Crippen molar-refractivity contribution < 1.29 is 0 Å². The Balaban J connectivity index is 1.34. The minimum atomic E-state index is 0.711. The predicted octanol–water partition coefficient (Wildman–Crippen LogP) is 3.44. The second-order valence-corrected chi connectivity index (χ2v) is 8.78. The molecule has 3 aliphatic rings. The highest BCUT2D eigenvalue weighted by atomic mass is 15.3. The molecule has 3 aliphatic heterocycles. The molecule has 0 unspecified atom stereocenters. The second kappa shape index (κ2) is 7.70. The van der Waals surface area contributed by atoms with Gasteiger partial charge in [0.2, 0.25) is 0 Å². The van der Waals surface area contributed by atoms with Crippen molar-refractivity contribution in [1.82, 2.24) is 14.9 Å². The Bertz CT molecular complexity index is 795. The molecular weight excluding hydrogens is 346 g/mol. The molecule has 1 aromatic carbocycles. The second-order valence-electron chi connectivity index (χ2n) is 8.78. The van der Waals surface area contributed by atoms with Crippen LogP contribution in [0.1, 0.15) is 31.2 Å². The van der Waals surface area contributed by atoms with Crippen LogP contribution in [0.2, 0.25) is 0 Å². The van der Waals surface area contributed by atoms with E-state index in [1.165, 1.54) is 44.2 Å². The largest absolute Gasteiger partial charge is 0.370 e. The highest BCUT2D eigenvalue weighted by Gasteiger charge is 2.45. The average Bonchev–Trinajstić information content (AvgIpc) is 2.75. The molecule has 0 radical (unpaired) electrons. The molecule has 5 rings (SSSR count). The van der Waals surface area contributed by atoms with E-state index in [9.17, 15) is 0 Å². The fraction of sp³-hybridized carbons (Fsp3) is 0.565. The third-order valence-corrected chi connectivity index (χ3v) is 7.04. The van der Waals surface area contributed by atoms with Crippen molar-refractivity contribution >= 4 is 11.6 Å². The summed E-state index contributed by atoms with van der Waals surface area (Å²) in [7, 11) is 1.94. The Morgan fingerprint density at radius 1 is 1.04 bits per heavy atom. The van der Waals surface area contributed by atoms with Crippen LogP contribution in [0.4, 0.5) is 11.6 Å². The van der Waals surface area contributed by atoms with Crippen molar-refractivity contribution in [2.24, 2.45) is 11.8 Å². The molecule has 0 aliphatic carbocycles. The number of benzene rings is 1. The molecule has 0 spiro atoms. The zero-order chi connectivity index (χ0) is 18.9. The number of piperidine rings is 3. The van der Waals surface area contributed by atoms with Crippen molar-refractivity contribution in [3.05, 3.63) is 48.3 Å². The van der Waals surface area contributed by atoms with Crippen LogP contribution in [0, 0.1) is 11.8 Å². The van der Waals surface area contributed by atoms with Gasteiger partial charge in [-0.1, -0.05) is 36.8 Å². The van der Waals surface area contributed by atoms with Gasteiger partial charge in [0, 0.05) is 51.2 Å². The Labute approximate surface area is 168 Å². The van der Waals surface area contributed by atoms with Gasteiger partial charge in [-0.05, 0) is 43.1 Å². The standard InChI is InChI=1S/C23H31N5/c1-24-22-23(26-11-10-25-22)27-14-18-12-19(16-27)21-9-5-8-20(28(21)15-18)13-17-6-3-2-4-7-17/h2-4,6-7,10-11,18-21H,5,8-9,12-16H2,1H3,(H,24,25)/t18-,19+,20+,21-/m0/s1. The van der Waals surface area contributed by atoms with Crippen LogP contribution in [-0.2, 0) is 6.42 Å². The number of fused-ring (bicyclic) bond motifs is 4. The van der Waals surface area contributed by atoms with Crippen molar-refractivity contribution in [3.8, 4) is 0 Å². The summed E-state index contributed by atoms with van der Waals surface area (Å²) in [4.78, 5) is 14.5. The van der Waals surface area contributed by atoms with Crippen LogP contribution in [-0.4, -0.2) is 53.6 Å². The smallest absolute Gasteiger partial charge is 0.171 e. The van der Waals surface area contributed by atoms with Crippen LogP contribution >= 0.6 is 0 Å². The van der Waals surface area contributed by atoms with Crippen molar-refractivity contribution in [1.29, 1.82) is 0 Å². The molecular formula is C23H31N5. The van der Waals surface area contributed by atoms with E-state index < -0.39 is 0 Å². The molecule has 28 heavy (non-hydrogen) atoms. The lowest BCUT2D eigenvalue weighted by molar-refractivity contribution is -0.0187. The number of hydrogen-bond donors (Lipinski definition) is 1. The maximum absolute atomic E-state index is 4.66. The summed E-state index contributed by atoms with van der Waals surface area (Å²) in [5, 5.41) is 3.22. The Hall–Kier alpha value is -2.14. The maximum atomic E-state index is 4.66. The number of hydrogen-bond acceptors (Lipinski definition) is 5. The van der Waals surface area contributed by atoms with E-state index in [0.29, 0.717) is 6.04 Å². The molecule has 5 heteroatoms. The summed E-state index contributed by atoms with van der Waals surface area (Å²) < 4.78 is 0. The first-order valence-corrected chi connectivity index (χ1v) is 10.8. The summed E-state index contributed by atoms with van der Waals surface area (Å²) >= 11 is 0. The normalized spacial score (nSPS) is 30.0. The molecule has 2 bridgehead atoms. The summed E-state index contributed by atoms with van der Waals surface area (Å²) in [6, 6.07) is 12.5. The first-order valence-electron chi connectivity index (χ1n) is 10.8. The minimum Gasteiger partial charge on any atom is -0.370 e. The lowest BCUT2D eigenvalue weighted by Crippen LogP contribution is -2.62. The van der Waals surface area contributed by atoms with Crippen LogP contribution in [0.3, 0.4) is 0 Å². The van der Waals surface area contributed by atoms with Gasteiger partial charge in [-0.3, -0.25) is 4.90 Å². The molecule has 3 fully saturated rings. The fourth-order valence-electron chi connectivity index (χ4n) is 5.93. The highest BCUT2D eigenvalue weighted by molar-refractivity contribution is 5.60.